The molecule has 0 N–H and O–H groups in total. The SMILES string of the molecule is Cc1ccccc1-c1ncc(-c2ccc(-c3ccccc3)cc2)nc1C. The lowest BCUT2D eigenvalue weighted by Gasteiger charge is -2.10. The Morgan fingerprint density at radius 3 is 1.92 bits per heavy atom. The fraction of sp³-hybridized carbons (Fsp3) is 0.0833. The molecule has 0 bridgehead atoms. The first-order valence-electron chi connectivity index (χ1n) is 8.78. The molecule has 1 aromatic heterocycles. The molecule has 126 valence electrons. The molecule has 26 heavy (non-hydrogen) atoms. The van der Waals surface area contributed by atoms with Crippen LogP contribution in [0.1, 0.15) is 11.3 Å². The van der Waals surface area contributed by atoms with Crippen molar-refractivity contribution in [3.63, 3.8) is 0 Å². The van der Waals surface area contributed by atoms with Crippen molar-refractivity contribution in [1.82, 2.24) is 9.97 Å². The van der Waals surface area contributed by atoms with E-state index in [4.69, 9.17) is 9.97 Å². The predicted molar refractivity (Wildman–Crippen MR) is 108 cm³/mol. The summed E-state index contributed by atoms with van der Waals surface area (Å²) in [5.74, 6) is 0. The Hall–Kier alpha value is -3.26. The number of nitrogens with zero attached hydrogens (tertiary/aromatic N) is 2. The Kier molecular flexibility index (Phi) is 4.32. The third-order valence-electron chi connectivity index (χ3n) is 4.63. The second-order valence-corrected chi connectivity index (χ2v) is 6.45. The molecule has 0 radical (unpaired) electrons. The van der Waals surface area contributed by atoms with Crippen molar-refractivity contribution in [2.75, 3.05) is 0 Å². The van der Waals surface area contributed by atoms with Crippen molar-refractivity contribution >= 4 is 0 Å². The van der Waals surface area contributed by atoms with Gasteiger partial charge >= 0.3 is 0 Å². The second kappa shape index (κ2) is 6.93. The normalized spacial score (nSPS) is 10.7. The molecule has 0 spiro atoms. The zero-order chi connectivity index (χ0) is 17.9. The summed E-state index contributed by atoms with van der Waals surface area (Å²) in [5.41, 5.74) is 8.66. The molecule has 0 aliphatic heterocycles. The fourth-order valence-corrected chi connectivity index (χ4v) is 3.19. The lowest BCUT2D eigenvalue weighted by Crippen LogP contribution is -1.96. The van der Waals surface area contributed by atoms with Crippen LogP contribution >= 0.6 is 0 Å². The zero-order valence-corrected chi connectivity index (χ0v) is 15.0. The monoisotopic (exact) mass is 336 g/mol. The minimum atomic E-state index is 0.902. The van der Waals surface area contributed by atoms with Gasteiger partial charge in [0, 0.05) is 11.1 Å². The molecule has 4 aromatic rings. The first-order chi connectivity index (χ1) is 12.7. The summed E-state index contributed by atoms with van der Waals surface area (Å²) in [6.45, 7) is 4.13. The molecule has 0 unspecified atom stereocenters. The summed E-state index contributed by atoms with van der Waals surface area (Å²) in [5, 5.41) is 0. The van der Waals surface area contributed by atoms with E-state index in [2.05, 4.69) is 67.6 Å². The first-order valence-corrected chi connectivity index (χ1v) is 8.78. The van der Waals surface area contributed by atoms with Crippen LogP contribution in [0.3, 0.4) is 0 Å². The summed E-state index contributed by atoms with van der Waals surface area (Å²) in [6, 6.07) is 27.2. The van der Waals surface area contributed by atoms with E-state index in [0.717, 1.165) is 28.2 Å². The first kappa shape index (κ1) is 16.2. The Bertz CT molecular complexity index is 1040. The van der Waals surface area contributed by atoms with Gasteiger partial charge in [0.25, 0.3) is 0 Å². The molecule has 1 heterocycles. The summed E-state index contributed by atoms with van der Waals surface area (Å²) in [7, 11) is 0. The third kappa shape index (κ3) is 3.14. The Balaban J connectivity index is 1.67. The highest BCUT2D eigenvalue weighted by molar-refractivity contribution is 5.70. The van der Waals surface area contributed by atoms with Crippen LogP contribution in [0.25, 0.3) is 33.6 Å². The van der Waals surface area contributed by atoms with E-state index >= 15 is 0 Å². The molecule has 0 saturated heterocycles. The van der Waals surface area contributed by atoms with Crippen LogP contribution in [-0.4, -0.2) is 9.97 Å². The van der Waals surface area contributed by atoms with Crippen LogP contribution in [0.5, 0.6) is 0 Å². The molecular weight excluding hydrogens is 316 g/mol. The van der Waals surface area contributed by atoms with Crippen molar-refractivity contribution < 1.29 is 0 Å². The topological polar surface area (TPSA) is 25.8 Å². The van der Waals surface area contributed by atoms with Crippen LogP contribution in [0.4, 0.5) is 0 Å². The van der Waals surface area contributed by atoms with Gasteiger partial charge in [-0.3, -0.25) is 4.98 Å². The van der Waals surface area contributed by atoms with Crippen LogP contribution in [-0.2, 0) is 0 Å². The molecule has 0 amide bonds. The molecule has 4 rings (SSSR count). The van der Waals surface area contributed by atoms with Crippen molar-refractivity contribution in [2.45, 2.75) is 13.8 Å². The summed E-state index contributed by atoms with van der Waals surface area (Å²) < 4.78 is 0. The van der Waals surface area contributed by atoms with Crippen LogP contribution in [0.15, 0.2) is 85.1 Å². The van der Waals surface area contributed by atoms with Gasteiger partial charge in [-0.25, -0.2) is 4.98 Å². The van der Waals surface area contributed by atoms with E-state index in [1.165, 1.54) is 16.7 Å². The maximum atomic E-state index is 4.80. The third-order valence-corrected chi connectivity index (χ3v) is 4.63. The van der Waals surface area contributed by atoms with E-state index in [-0.39, 0.29) is 0 Å². The molecule has 2 nitrogen and oxygen atoms in total. The van der Waals surface area contributed by atoms with Gasteiger partial charge in [0.1, 0.15) is 0 Å². The number of benzene rings is 3. The molecule has 3 aromatic carbocycles. The van der Waals surface area contributed by atoms with Crippen LogP contribution in [0, 0.1) is 13.8 Å². The highest BCUT2D eigenvalue weighted by Crippen LogP contribution is 2.27. The molecule has 2 heteroatoms. The number of aromatic nitrogens is 2. The maximum absolute atomic E-state index is 4.80. The van der Waals surface area contributed by atoms with Gasteiger partial charge < -0.3 is 0 Å². The molecule has 0 saturated carbocycles. The number of aryl methyl sites for hydroxylation is 2. The quantitative estimate of drug-likeness (QED) is 0.452. The molecule has 0 atom stereocenters. The summed E-state index contributed by atoms with van der Waals surface area (Å²) in [6.07, 6.45) is 1.87. The number of rotatable bonds is 3. The van der Waals surface area contributed by atoms with Crippen molar-refractivity contribution in [1.29, 1.82) is 0 Å². The standard InChI is InChI=1S/C24H20N2/c1-17-8-6-7-11-22(17)24-18(2)26-23(16-25-24)21-14-12-20(13-15-21)19-9-4-3-5-10-19/h3-16H,1-2H3. The molecule has 0 fully saturated rings. The highest BCUT2D eigenvalue weighted by Gasteiger charge is 2.09. The smallest absolute Gasteiger partial charge is 0.0917 e. The largest absolute Gasteiger partial charge is 0.252 e. The van der Waals surface area contributed by atoms with Gasteiger partial charge in [-0.15, -0.1) is 0 Å². The van der Waals surface area contributed by atoms with Crippen molar-refractivity contribution in [3.8, 4) is 33.6 Å². The van der Waals surface area contributed by atoms with Gasteiger partial charge in [-0.2, -0.15) is 0 Å². The van der Waals surface area contributed by atoms with Crippen LogP contribution < -0.4 is 0 Å². The minimum absolute atomic E-state index is 0.902. The lowest BCUT2D eigenvalue weighted by atomic mass is 10.0. The number of hydrogen-bond donors (Lipinski definition) is 0. The van der Waals surface area contributed by atoms with Crippen molar-refractivity contribution in [2.24, 2.45) is 0 Å². The van der Waals surface area contributed by atoms with E-state index in [1.54, 1.807) is 0 Å². The van der Waals surface area contributed by atoms with Gasteiger partial charge in [0.15, 0.2) is 0 Å². The predicted octanol–water partition coefficient (Wildman–Crippen LogP) is 6.09. The Morgan fingerprint density at radius 2 is 1.23 bits per heavy atom. The van der Waals surface area contributed by atoms with E-state index in [1.807, 2.05) is 31.3 Å². The second-order valence-electron chi connectivity index (χ2n) is 6.45. The van der Waals surface area contributed by atoms with Crippen LogP contribution in [0.2, 0.25) is 0 Å². The maximum Gasteiger partial charge on any atom is 0.0917 e. The fourth-order valence-electron chi connectivity index (χ4n) is 3.19. The summed E-state index contributed by atoms with van der Waals surface area (Å²) >= 11 is 0. The molecule has 0 aliphatic carbocycles. The van der Waals surface area contributed by atoms with Gasteiger partial charge in [-0.1, -0.05) is 78.9 Å². The van der Waals surface area contributed by atoms with E-state index in [0.29, 0.717) is 0 Å². The van der Waals surface area contributed by atoms with Gasteiger partial charge in [0.05, 0.1) is 23.3 Å². The van der Waals surface area contributed by atoms with E-state index < -0.39 is 0 Å². The Labute approximate surface area is 154 Å². The van der Waals surface area contributed by atoms with Gasteiger partial charge in [-0.05, 0) is 30.5 Å². The molecular formula is C24H20N2. The average molecular weight is 336 g/mol. The summed E-state index contributed by atoms with van der Waals surface area (Å²) in [4.78, 5) is 9.50. The van der Waals surface area contributed by atoms with E-state index in [9.17, 15) is 0 Å². The molecule has 0 aliphatic rings. The lowest BCUT2D eigenvalue weighted by molar-refractivity contribution is 1.12. The minimum Gasteiger partial charge on any atom is -0.252 e. The Morgan fingerprint density at radius 1 is 0.615 bits per heavy atom. The van der Waals surface area contributed by atoms with Crippen molar-refractivity contribution in [3.05, 3.63) is 96.3 Å². The zero-order valence-electron chi connectivity index (χ0n) is 15.0. The number of hydrogen-bond acceptors (Lipinski definition) is 2. The average Bonchev–Trinajstić information content (AvgIpc) is 2.69. The highest BCUT2D eigenvalue weighted by atomic mass is 14.8. The van der Waals surface area contributed by atoms with Gasteiger partial charge in [0.2, 0.25) is 0 Å².